The predicted octanol–water partition coefficient (Wildman–Crippen LogP) is -1.01. The molecule has 1 aromatic rings. The number of sulfonamides is 2. The van der Waals surface area contributed by atoms with Gasteiger partial charge in [-0.3, -0.25) is 4.68 Å². The lowest BCUT2D eigenvalue weighted by molar-refractivity contribution is 0.274. The Kier molecular flexibility index (Phi) is 3.93. The smallest absolute Gasteiger partial charge is 0.246 e. The molecule has 0 N–H and O–H groups in total. The van der Waals surface area contributed by atoms with Gasteiger partial charge in [-0.25, -0.2) is 16.8 Å². The van der Waals surface area contributed by atoms with Gasteiger partial charge in [0.15, 0.2) is 0 Å². The van der Waals surface area contributed by atoms with Crippen LogP contribution in [0.4, 0.5) is 0 Å². The maximum atomic E-state index is 12.5. The zero-order chi connectivity index (χ0) is 15.1. The van der Waals surface area contributed by atoms with Crippen LogP contribution in [0.5, 0.6) is 0 Å². The third-order valence-corrected chi connectivity index (χ3v) is 6.56. The largest absolute Gasteiger partial charge is 0.274 e. The summed E-state index contributed by atoms with van der Waals surface area (Å²) in [4.78, 5) is 0.174. The van der Waals surface area contributed by atoms with E-state index in [4.69, 9.17) is 0 Å². The molecule has 0 aliphatic carbocycles. The van der Waals surface area contributed by atoms with Crippen molar-refractivity contribution in [3.05, 3.63) is 11.9 Å². The van der Waals surface area contributed by atoms with Crippen LogP contribution < -0.4 is 0 Å². The van der Waals surface area contributed by atoms with Crippen LogP contribution in [0.3, 0.4) is 0 Å². The fourth-order valence-corrected chi connectivity index (χ4v) is 4.66. The van der Waals surface area contributed by atoms with Crippen LogP contribution in [0.25, 0.3) is 0 Å². The van der Waals surface area contributed by atoms with E-state index in [9.17, 15) is 16.8 Å². The molecule has 114 valence electrons. The molecule has 2 heterocycles. The van der Waals surface area contributed by atoms with Gasteiger partial charge in [0.2, 0.25) is 20.0 Å². The summed E-state index contributed by atoms with van der Waals surface area (Å²) in [5, 5.41) is 4.03. The number of aromatic nitrogens is 2. The van der Waals surface area contributed by atoms with E-state index < -0.39 is 20.0 Å². The van der Waals surface area contributed by atoms with Crippen LogP contribution in [-0.4, -0.2) is 67.7 Å². The second-order valence-electron chi connectivity index (χ2n) is 4.82. The minimum Gasteiger partial charge on any atom is -0.274 e. The van der Waals surface area contributed by atoms with Gasteiger partial charge in [0.1, 0.15) is 4.90 Å². The molecule has 0 aromatic carbocycles. The molecule has 1 aromatic heterocycles. The molecule has 10 heteroatoms. The predicted molar refractivity (Wildman–Crippen MR) is 73.1 cm³/mol. The van der Waals surface area contributed by atoms with Crippen LogP contribution in [0.2, 0.25) is 0 Å². The molecule has 0 amide bonds. The van der Waals surface area contributed by atoms with Crippen LogP contribution in [0.15, 0.2) is 11.1 Å². The number of piperazine rings is 1. The summed E-state index contributed by atoms with van der Waals surface area (Å²) in [6, 6.07) is 0. The van der Waals surface area contributed by atoms with E-state index in [1.54, 1.807) is 14.0 Å². The topological polar surface area (TPSA) is 92.6 Å². The molecule has 20 heavy (non-hydrogen) atoms. The van der Waals surface area contributed by atoms with Gasteiger partial charge in [-0.05, 0) is 6.92 Å². The maximum Gasteiger partial charge on any atom is 0.246 e. The monoisotopic (exact) mass is 322 g/mol. The molecular formula is C10H18N4O4S2. The first-order valence-corrected chi connectivity index (χ1v) is 9.37. The maximum absolute atomic E-state index is 12.5. The van der Waals surface area contributed by atoms with E-state index in [2.05, 4.69) is 5.10 Å². The molecule has 1 aliphatic rings. The number of hydrogen-bond acceptors (Lipinski definition) is 5. The molecule has 0 radical (unpaired) electrons. The molecule has 0 spiro atoms. The lowest BCUT2D eigenvalue weighted by Gasteiger charge is -2.32. The number of aryl methyl sites for hydroxylation is 2. The van der Waals surface area contributed by atoms with Crippen LogP contribution in [0.1, 0.15) is 5.69 Å². The first-order valence-electron chi connectivity index (χ1n) is 6.08. The Morgan fingerprint density at radius 1 is 1.05 bits per heavy atom. The normalized spacial score (nSPS) is 19.4. The minimum absolute atomic E-state index is 0.156. The summed E-state index contributed by atoms with van der Waals surface area (Å²) in [6.07, 6.45) is 2.59. The SMILES string of the molecule is Cc1nn(C)cc1S(=O)(=O)N1CCN(S(C)(=O)=O)CC1. The molecule has 0 atom stereocenters. The fourth-order valence-electron chi connectivity index (χ4n) is 2.21. The van der Waals surface area contributed by atoms with Crippen molar-refractivity contribution < 1.29 is 16.8 Å². The third kappa shape index (κ3) is 2.87. The van der Waals surface area contributed by atoms with Crippen LogP contribution in [0, 0.1) is 6.92 Å². The summed E-state index contributed by atoms with van der Waals surface area (Å²) >= 11 is 0. The van der Waals surface area contributed by atoms with Crippen molar-refractivity contribution in [1.29, 1.82) is 0 Å². The van der Waals surface area contributed by atoms with E-state index in [1.807, 2.05) is 0 Å². The molecule has 1 saturated heterocycles. The van der Waals surface area contributed by atoms with E-state index in [1.165, 1.54) is 19.5 Å². The molecule has 1 aliphatic heterocycles. The zero-order valence-electron chi connectivity index (χ0n) is 11.6. The molecule has 1 fully saturated rings. The Labute approximate surface area is 119 Å². The zero-order valence-corrected chi connectivity index (χ0v) is 13.3. The van der Waals surface area contributed by atoms with Gasteiger partial charge in [-0.1, -0.05) is 0 Å². The van der Waals surface area contributed by atoms with Crippen molar-refractivity contribution in [3.63, 3.8) is 0 Å². The van der Waals surface area contributed by atoms with Crippen molar-refractivity contribution in [2.24, 2.45) is 7.05 Å². The standard InChI is InChI=1S/C10H18N4O4S2/c1-9-10(8-12(2)11-9)20(17,18)14-6-4-13(5-7-14)19(3,15)16/h8H,4-7H2,1-3H3. The van der Waals surface area contributed by atoms with Gasteiger partial charge in [0, 0.05) is 39.4 Å². The molecule has 0 unspecified atom stereocenters. The molecule has 0 bridgehead atoms. The van der Waals surface area contributed by atoms with Crippen LogP contribution >= 0.6 is 0 Å². The summed E-state index contributed by atoms with van der Waals surface area (Å²) in [6.45, 7) is 2.31. The van der Waals surface area contributed by atoms with E-state index in [0.29, 0.717) is 5.69 Å². The van der Waals surface area contributed by atoms with Gasteiger partial charge >= 0.3 is 0 Å². The van der Waals surface area contributed by atoms with Gasteiger partial charge in [-0.2, -0.15) is 13.7 Å². The van der Waals surface area contributed by atoms with Crippen LogP contribution in [-0.2, 0) is 27.1 Å². The lowest BCUT2D eigenvalue weighted by Crippen LogP contribution is -2.50. The Morgan fingerprint density at radius 2 is 1.55 bits per heavy atom. The lowest BCUT2D eigenvalue weighted by atomic mass is 10.4. The highest BCUT2D eigenvalue weighted by molar-refractivity contribution is 7.89. The highest BCUT2D eigenvalue weighted by atomic mass is 32.2. The van der Waals surface area contributed by atoms with Crippen molar-refractivity contribution in [2.45, 2.75) is 11.8 Å². The highest BCUT2D eigenvalue weighted by Gasteiger charge is 2.33. The summed E-state index contributed by atoms with van der Waals surface area (Å²) in [7, 11) is -5.22. The van der Waals surface area contributed by atoms with Gasteiger partial charge in [-0.15, -0.1) is 0 Å². The van der Waals surface area contributed by atoms with Crippen molar-refractivity contribution >= 4 is 20.0 Å². The van der Waals surface area contributed by atoms with E-state index >= 15 is 0 Å². The average molecular weight is 322 g/mol. The highest BCUT2D eigenvalue weighted by Crippen LogP contribution is 2.20. The minimum atomic E-state index is -3.61. The van der Waals surface area contributed by atoms with Gasteiger partial charge < -0.3 is 0 Å². The third-order valence-electron chi connectivity index (χ3n) is 3.25. The Balaban J connectivity index is 2.20. The van der Waals surface area contributed by atoms with Crippen molar-refractivity contribution in [1.82, 2.24) is 18.4 Å². The van der Waals surface area contributed by atoms with E-state index in [0.717, 1.165) is 6.26 Å². The first-order chi connectivity index (χ1) is 9.12. The van der Waals surface area contributed by atoms with E-state index in [-0.39, 0.29) is 31.1 Å². The van der Waals surface area contributed by atoms with Crippen molar-refractivity contribution in [2.75, 3.05) is 32.4 Å². The Bertz CT molecular complexity index is 700. The quantitative estimate of drug-likeness (QED) is 0.711. The number of hydrogen-bond donors (Lipinski definition) is 0. The van der Waals surface area contributed by atoms with Gasteiger partial charge in [0.25, 0.3) is 0 Å². The Hall–Kier alpha value is -0.970. The Morgan fingerprint density at radius 3 is 1.95 bits per heavy atom. The molecule has 0 saturated carbocycles. The second kappa shape index (κ2) is 5.10. The summed E-state index contributed by atoms with van der Waals surface area (Å²) in [5.41, 5.74) is 0.443. The number of nitrogens with zero attached hydrogens (tertiary/aromatic N) is 4. The molecule has 2 rings (SSSR count). The molecular weight excluding hydrogens is 304 g/mol. The van der Waals surface area contributed by atoms with Crippen molar-refractivity contribution in [3.8, 4) is 0 Å². The van der Waals surface area contributed by atoms with Gasteiger partial charge in [0.05, 0.1) is 11.9 Å². The fraction of sp³-hybridized carbons (Fsp3) is 0.700. The summed E-state index contributed by atoms with van der Waals surface area (Å²) < 4.78 is 51.8. The number of rotatable bonds is 3. The molecule has 8 nitrogen and oxygen atoms in total. The second-order valence-corrected chi connectivity index (χ2v) is 8.71. The first kappa shape index (κ1) is 15.4. The average Bonchev–Trinajstić information content (AvgIpc) is 2.68. The summed E-state index contributed by atoms with van der Waals surface area (Å²) in [5.74, 6) is 0.